The third-order valence-corrected chi connectivity index (χ3v) is 5.06. The van der Waals surface area contributed by atoms with Crippen molar-refractivity contribution in [3.05, 3.63) is 83.3 Å². The summed E-state index contributed by atoms with van der Waals surface area (Å²) >= 11 is 0. The summed E-state index contributed by atoms with van der Waals surface area (Å²) in [5.74, 6) is 0.0118. The summed E-state index contributed by atoms with van der Waals surface area (Å²) in [6.07, 6.45) is 4.34. The van der Waals surface area contributed by atoms with Crippen LogP contribution in [0.25, 0.3) is 0 Å². The second kappa shape index (κ2) is 9.70. The van der Waals surface area contributed by atoms with Crippen molar-refractivity contribution in [1.82, 2.24) is 10.2 Å². The maximum atomic E-state index is 13.2. The molecule has 28 heavy (non-hydrogen) atoms. The highest BCUT2D eigenvalue weighted by Crippen LogP contribution is 2.22. The predicted octanol–water partition coefficient (Wildman–Crippen LogP) is 3.80. The van der Waals surface area contributed by atoms with Gasteiger partial charge in [0.25, 0.3) is 5.91 Å². The SMILES string of the molecule is N#C/C(=C/NCc1cccc(F)c1)C(=O)N1CCC(Cc2ccccc2)CC1. The Morgan fingerprint density at radius 2 is 1.86 bits per heavy atom. The fraction of sp³-hybridized carbons (Fsp3) is 0.304. The molecule has 3 rings (SSSR count). The van der Waals surface area contributed by atoms with Crippen LogP contribution in [0.1, 0.15) is 24.0 Å². The fourth-order valence-electron chi connectivity index (χ4n) is 3.52. The Hall–Kier alpha value is -3.13. The number of amides is 1. The van der Waals surface area contributed by atoms with Crippen LogP contribution in [0.3, 0.4) is 0 Å². The number of nitrogens with zero attached hydrogens (tertiary/aromatic N) is 2. The monoisotopic (exact) mass is 377 g/mol. The van der Waals surface area contributed by atoms with E-state index in [1.807, 2.05) is 12.1 Å². The Morgan fingerprint density at radius 1 is 1.14 bits per heavy atom. The molecule has 5 heteroatoms. The van der Waals surface area contributed by atoms with Crippen LogP contribution in [0.4, 0.5) is 4.39 Å². The number of halogens is 1. The maximum absolute atomic E-state index is 13.2. The molecule has 0 saturated carbocycles. The van der Waals surface area contributed by atoms with E-state index in [0.717, 1.165) is 24.8 Å². The van der Waals surface area contributed by atoms with Gasteiger partial charge in [-0.05, 0) is 48.4 Å². The van der Waals surface area contributed by atoms with Crippen LogP contribution < -0.4 is 5.32 Å². The third kappa shape index (κ3) is 5.43. The van der Waals surface area contributed by atoms with Crippen LogP contribution in [-0.4, -0.2) is 23.9 Å². The Bertz CT molecular complexity index is 865. The molecule has 0 spiro atoms. The van der Waals surface area contributed by atoms with Crippen LogP contribution in [0.2, 0.25) is 0 Å². The van der Waals surface area contributed by atoms with E-state index in [0.29, 0.717) is 25.6 Å². The van der Waals surface area contributed by atoms with Crippen molar-refractivity contribution in [2.24, 2.45) is 5.92 Å². The van der Waals surface area contributed by atoms with Gasteiger partial charge in [-0.15, -0.1) is 0 Å². The molecule has 1 aliphatic rings. The Kier molecular flexibility index (Phi) is 6.80. The molecule has 0 aromatic heterocycles. The Labute approximate surface area is 165 Å². The molecule has 0 atom stereocenters. The van der Waals surface area contributed by atoms with E-state index < -0.39 is 0 Å². The molecule has 144 valence electrons. The van der Waals surface area contributed by atoms with E-state index in [2.05, 4.69) is 29.6 Å². The van der Waals surface area contributed by atoms with Crippen LogP contribution >= 0.6 is 0 Å². The number of rotatable bonds is 6. The molecule has 1 heterocycles. The number of carbonyl (C=O) groups excluding carboxylic acids is 1. The molecule has 1 aliphatic heterocycles. The number of nitrogens with one attached hydrogen (secondary N) is 1. The van der Waals surface area contributed by atoms with Crippen LogP contribution in [0.15, 0.2) is 66.4 Å². The largest absolute Gasteiger partial charge is 0.386 e. The molecule has 0 unspecified atom stereocenters. The lowest BCUT2D eigenvalue weighted by atomic mass is 9.90. The highest BCUT2D eigenvalue weighted by atomic mass is 19.1. The van der Waals surface area contributed by atoms with Crippen molar-refractivity contribution < 1.29 is 9.18 Å². The van der Waals surface area contributed by atoms with E-state index in [1.54, 1.807) is 17.0 Å². The molecule has 2 aromatic rings. The van der Waals surface area contributed by atoms with Gasteiger partial charge in [0.1, 0.15) is 17.5 Å². The average Bonchev–Trinajstić information content (AvgIpc) is 2.72. The van der Waals surface area contributed by atoms with Gasteiger partial charge in [0.15, 0.2) is 0 Å². The summed E-state index contributed by atoms with van der Waals surface area (Å²) in [4.78, 5) is 14.4. The summed E-state index contributed by atoms with van der Waals surface area (Å²) < 4.78 is 13.2. The Balaban J connectivity index is 1.50. The van der Waals surface area contributed by atoms with Gasteiger partial charge in [-0.3, -0.25) is 4.79 Å². The third-order valence-electron chi connectivity index (χ3n) is 5.06. The zero-order valence-electron chi connectivity index (χ0n) is 15.8. The number of carbonyl (C=O) groups is 1. The summed E-state index contributed by atoms with van der Waals surface area (Å²) in [5, 5.41) is 12.3. The van der Waals surface area contributed by atoms with Crippen molar-refractivity contribution in [3.63, 3.8) is 0 Å². The smallest absolute Gasteiger partial charge is 0.265 e. The van der Waals surface area contributed by atoms with Gasteiger partial charge in [-0.2, -0.15) is 5.26 Å². The summed E-state index contributed by atoms with van der Waals surface area (Å²) in [7, 11) is 0. The van der Waals surface area contributed by atoms with E-state index in [1.165, 1.54) is 23.9 Å². The molecule has 1 N–H and O–H groups in total. The number of hydrogen-bond acceptors (Lipinski definition) is 3. The van der Waals surface area contributed by atoms with Crippen molar-refractivity contribution in [2.75, 3.05) is 13.1 Å². The maximum Gasteiger partial charge on any atom is 0.265 e. The standard InChI is InChI=1S/C23H24FN3O/c24-22-8-4-7-20(14-22)16-26-17-21(15-25)23(28)27-11-9-19(10-12-27)13-18-5-2-1-3-6-18/h1-8,14,17,19,26H,9-13,16H2/b21-17-. The van der Waals surface area contributed by atoms with E-state index >= 15 is 0 Å². The normalized spacial score (nSPS) is 15.1. The van der Waals surface area contributed by atoms with Crippen LogP contribution in [0.5, 0.6) is 0 Å². The predicted molar refractivity (Wildman–Crippen MR) is 106 cm³/mol. The molecule has 4 nitrogen and oxygen atoms in total. The van der Waals surface area contributed by atoms with Crippen LogP contribution in [0, 0.1) is 23.1 Å². The summed E-state index contributed by atoms with van der Waals surface area (Å²) in [5.41, 5.74) is 2.16. The van der Waals surface area contributed by atoms with E-state index in [-0.39, 0.29) is 17.3 Å². The first kappa shape index (κ1) is 19.6. The average molecular weight is 377 g/mol. The van der Waals surface area contributed by atoms with Crippen LogP contribution in [-0.2, 0) is 17.8 Å². The van der Waals surface area contributed by atoms with Gasteiger partial charge in [0.05, 0.1) is 0 Å². The molecule has 2 aromatic carbocycles. The minimum atomic E-state index is -0.307. The van der Waals surface area contributed by atoms with Gasteiger partial charge in [0, 0.05) is 25.8 Å². The number of nitriles is 1. The second-order valence-corrected chi connectivity index (χ2v) is 7.11. The van der Waals surface area contributed by atoms with Gasteiger partial charge in [-0.1, -0.05) is 42.5 Å². The number of piperidine rings is 1. The number of benzene rings is 2. The molecule has 1 amide bonds. The van der Waals surface area contributed by atoms with Gasteiger partial charge < -0.3 is 10.2 Å². The van der Waals surface area contributed by atoms with E-state index in [9.17, 15) is 14.4 Å². The summed E-state index contributed by atoms with van der Waals surface area (Å²) in [6.45, 7) is 1.69. The highest BCUT2D eigenvalue weighted by Gasteiger charge is 2.25. The zero-order chi connectivity index (χ0) is 19.8. The lowest BCUT2D eigenvalue weighted by Crippen LogP contribution is -2.39. The van der Waals surface area contributed by atoms with Gasteiger partial charge >= 0.3 is 0 Å². The quantitative estimate of drug-likeness (QED) is 0.615. The first-order chi connectivity index (χ1) is 13.7. The fourth-order valence-corrected chi connectivity index (χ4v) is 3.52. The second-order valence-electron chi connectivity index (χ2n) is 7.11. The van der Waals surface area contributed by atoms with Crippen molar-refractivity contribution >= 4 is 5.91 Å². The van der Waals surface area contributed by atoms with Gasteiger partial charge in [-0.25, -0.2) is 4.39 Å². The number of hydrogen-bond donors (Lipinski definition) is 1. The minimum absolute atomic E-state index is 0.0814. The minimum Gasteiger partial charge on any atom is -0.386 e. The zero-order valence-corrected chi connectivity index (χ0v) is 15.8. The molecular formula is C23H24FN3O. The van der Waals surface area contributed by atoms with E-state index in [4.69, 9.17) is 0 Å². The van der Waals surface area contributed by atoms with Gasteiger partial charge in [0.2, 0.25) is 0 Å². The summed E-state index contributed by atoms with van der Waals surface area (Å²) in [6, 6.07) is 18.6. The lowest BCUT2D eigenvalue weighted by molar-refractivity contribution is -0.128. The molecule has 0 radical (unpaired) electrons. The van der Waals surface area contributed by atoms with Crippen molar-refractivity contribution in [1.29, 1.82) is 5.26 Å². The first-order valence-electron chi connectivity index (χ1n) is 9.57. The molecule has 1 saturated heterocycles. The molecular weight excluding hydrogens is 353 g/mol. The highest BCUT2D eigenvalue weighted by molar-refractivity contribution is 5.97. The first-order valence-corrected chi connectivity index (χ1v) is 9.57. The molecule has 1 fully saturated rings. The number of likely N-dealkylation sites (tertiary alicyclic amines) is 1. The Morgan fingerprint density at radius 3 is 2.54 bits per heavy atom. The van der Waals surface area contributed by atoms with Crippen molar-refractivity contribution in [3.8, 4) is 6.07 Å². The topological polar surface area (TPSA) is 56.1 Å². The molecule has 0 bridgehead atoms. The lowest BCUT2D eigenvalue weighted by Gasteiger charge is -2.32. The van der Waals surface area contributed by atoms with Crippen molar-refractivity contribution in [2.45, 2.75) is 25.8 Å². The molecule has 0 aliphatic carbocycles.